The Bertz CT molecular complexity index is 1610. The molecule has 1 fully saturated rings. The zero-order chi connectivity index (χ0) is 30.5. The highest BCUT2D eigenvalue weighted by atomic mass is 19.1. The molecule has 0 saturated carbocycles. The van der Waals surface area contributed by atoms with Crippen molar-refractivity contribution >= 4 is 34.4 Å². The van der Waals surface area contributed by atoms with Gasteiger partial charge in [-0.25, -0.2) is 19.3 Å². The van der Waals surface area contributed by atoms with Gasteiger partial charge < -0.3 is 20.9 Å². The molecule has 2 amide bonds. The van der Waals surface area contributed by atoms with E-state index in [1.165, 1.54) is 13.4 Å². The smallest absolute Gasteiger partial charge is 0.254 e. The van der Waals surface area contributed by atoms with E-state index >= 15 is 0 Å². The first-order valence-corrected chi connectivity index (χ1v) is 14.6. The number of carbonyl (C=O) groups excluding carboxylic acids is 2. The van der Waals surface area contributed by atoms with Gasteiger partial charge >= 0.3 is 0 Å². The minimum Gasteiger partial charge on any atom is -0.370 e. The lowest BCUT2D eigenvalue weighted by Crippen LogP contribution is -2.41. The summed E-state index contributed by atoms with van der Waals surface area (Å²) in [5, 5.41) is 9.91. The number of piperidine rings is 1. The summed E-state index contributed by atoms with van der Waals surface area (Å²) in [6, 6.07) is 11.7. The highest BCUT2D eigenvalue weighted by Crippen LogP contribution is 2.32. The molecule has 3 N–H and O–H groups in total. The van der Waals surface area contributed by atoms with Gasteiger partial charge in [0.05, 0.1) is 23.0 Å². The minimum absolute atomic E-state index is 0.00846. The summed E-state index contributed by atoms with van der Waals surface area (Å²) in [6.07, 6.45) is 6.24. The summed E-state index contributed by atoms with van der Waals surface area (Å²) in [5.74, 6) is 0.730. The van der Waals surface area contributed by atoms with Crippen molar-refractivity contribution in [3.8, 4) is 11.3 Å². The lowest BCUT2D eigenvalue weighted by molar-refractivity contribution is -0.129. The van der Waals surface area contributed by atoms with Crippen LogP contribution in [0.5, 0.6) is 0 Å². The van der Waals surface area contributed by atoms with Gasteiger partial charge in [-0.15, -0.1) is 0 Å². The van der Waals surface area contributed by atoms with Crippen LogP contribution in [0.1, 0.15) is 55.5 Å². The quantitative estimate of drug-likeness (QED) is 0.255. The molecule has 5 rings (SSSR count). The van der Waals surface area contributed by atoms with Gasteiger partial charge in [-0.2, -0.15) is 0 Å². The van der Waals surface area contributed by atoms with Crippen LogP contribution in [0.3, 0.4) is 0 Å². The number of nitrogens with one attached hydrogen (secondary N) is 3. The number of halogens is 1. The molecule has 0 bridgehead atoms. The molecule has 1 aromatic carbocycles. The van der Waals surface area contributed by atoms with E-state index in [1.54, 1.807) is 19.2 Å². The molecule has 0 spiro atoms. The van der Waals surface area contributed by atoms with Crippen molar-refractivity contribution < 1.29 is 14.0 Å². The highest BCUT2D eigenvalue weighted by Gasteiger charge is 2.23. The van der Waals surface area contributed by atoms with E-state index in [4.69, 9.17) is 0 Å². The molecule has 0 aliphatic carbocycles. The number of rotatable bonds is 9. The molecule has 1 unspecified atom stereocenters. The molecule has 10 nitrogen and oxygen atoms in total. The second kappa shape index (κ2) is 13.1. The van der Waals surface area contributed by atoms with Gasteiger partial charge in [0.1, 0.15) is 18.0 Å². The summed E-state index contributed by atoms with van der Waals surface area (Å²) >= 11 is 0. The van der Waals surface area contributed by atoms with Crippen LogP contribution in [-0.2, 0) is 4.79 Å². The predicted molar refractivity (Wildman–Crippen MR) is 165 cm³/mol. The number of pyridine rings is 2. The Kier molecular flexibility index (Phi) is 9.08. The number of para-hydroxylation sites is 1. The van der Waals surface area contributed by atoms with Crippen molar-refractivity contribution in [1.82, 2.24) is 30.2 Å². The standard InChI is InChI=1S/C32H37FN8O2/c1-19(20(2)24-6-5-7-25-30(32(43)34-4)26(33)17-37-31(24)25)15-35-29-14-27(38-18-39-29)22-8-9-28(36-16-22)40-23-10-12-41(13-11-23)21(3)42/h5-9,14,16-20,23H,10-13,15H2,1-4H3,(H,34,43)(H,36,40)(H,35,38,39)/t19-,20?/m1/s1. The van der Waals surface area contributed by atoms with Crippen LogP contribution in [0.25, 0.3) is 22.2 Å². The fourth-order valence-corrected chi connectivity index (χ4v) is 5.48. The molecule has 0 radical (unpaired) electrons. The van der Waals surface area contributed by atoms with E-state index in [1.807, 2.05) is 35.2 Å². The number of carbonyl (C=O) groups is 2. The van der Waals surface area contributed by atoms with Crippen LogP contribution in [-0.4, -0.2) is 69.4 Å². The second-order valence-electron chi connectivity index (χ2n) is 11.1. The fraction of sp³-hybridized carbons (Fsp3) is 0.375. The van der Waals surface area contributed by atoms with Gasteiger partial charge in [-0.05, 0) is 42.4 Å². The average molecular weight is 585 g/mol. The van der Waals surface area contributed by atoms with Gasteiger partial charge in [0.2, 0.25) is 5.91 Å². The van der Waals surface area contributed by atoms with E-state index in [0.717, 1.165) is 54.8 Å². The van der Waals surface area contributed by atoms with E-state index in [-0.39, 0.29) is 29.3 Å². The van der Waals surface area contributed by atoms with Gasteiger partial charge in [0.15, 0.2) is 5.82 Å². The van der Waals surface area contributed by atoms with Crippen molar-refractivity contribution in [3.63, 3.8) is 0 Å². The summed E-state index contributed by atoms with van der Waals surface area (Å²) in [7, 11) is 1.49. The van der Waals surface area contributed by atoms with E-state index in [9.17, 15) is 14.0 Å². The zero-order valence-corrected chi connectivity index (χ0v) is 24.9. The molecule has 2 atom stereocenters. The largest absolute Gasteiger partial charge is 0.370 e. The molecule has 4 aromatic rings. The number of amides is 2. The Morgan fingerprint density at radius 3 is 2.51 bits per heavy atom. The van der Waals surface area contributed by atoms with E-state index in [0.29, 0.717) is 23.3 Å². The van der Waals surface area contributed by atoms with Crippen molar-refractivity contribution in [3.05, 3.63) is 72.1 Å². The number of benzene rings is 1. The molecule has 1 aliphatic rings. The Morgan fingerprint density at radius 1 is 1.02 bits per heavy atom. The number of nitrogens with zero attached hydrogens (tertiary/aromatic N) is 5. The lowest BCUT2D eigenvalue weighted by Gasteiger charge is -2.31. The third kappa shape index (κ3) is 6.71. The number of anilines is 2. The maximum Gasteiger partial charge on any atom is 0.254 e. The maximum absolute atomic E-state index is 14.5. The van der Waals surface area contributed by atoms with Crippen LogP contribution < -0.4 is 16.0 Å². The SMILES string of the molecule is CNC(=O)c1c(F)cnc2c(C(C)[C@H](C)CNc3cc(-c4ccc(NC5CCN(C(C)=O)CC5)nc4)ncn3)cccc12. The Morgan fingerprint density at radius 2 is 1.81 bits per heavy atom. The third-order valence-electron chi connectivity index (χ3n) is 8.30. The summed E-state index contributed by atoms with van der Waals surface area (Å²) in [4.78, 5) is 43.6. The first-order valence-electron chi connectivity index (χ1n) is 14.6. The summed E-state index contributed by atoms with van der Waals surface area (Å²) < 4.78 is 14.5. The van der Waals surface area contributed by atoms with Crippen LogP contribution >= 0.6 is 0 Å². The third-order valence-corrected chi connectivity index (χ3v) is 8.30. The van der Waals surface area contributed by atoms with Crippen molar-refractivity contribution in [2.24, 2.45) is 5.92 Å². The fourth-order valence-electron chi connectivity index (χ4n) is 5.48. The lowest BCUT2D eigenvalue weighted by atomic mass is 9.87. The van der Waals surface area contributed by atoms with Gasteiger partial charge in [-0.3, -0.25) is 14.6 Å². The summed E-state index contributed by atoms with van der Waals surface area (Å²) in [5.41, 5.74) is 3.22. The normalized spacial score (nSPS) is 15.1. The molecule has 1 aliphatic heterocycles. The first kappa shape index (κ1) is 29.8. The predicted octanol–water partition coefficient (Wildman–Crippen LogP) is 4.86. The number of aromatic nitrogens is 4. The molecule has 43 heavy (non-hydrogen) atoms. The van der Waals surface area contributed by atoms with E-state index < -0.39 is 11.7 Å². The van der Waals surface area contributed by atoms with Crippen LogP contribution in [0.4, 0.5) is 16.0 Å². The summed E-state index contributed by atoms with van der Waals surface area (Å²) in [6.45, 7) is 7.99. The Hall–Kier alpha value is -4.67. The van der Waals surface area contributed by atoms with Crippen molar-refractivity contribution in [2.45, 2.75) is 45.6 Å². The first-order chi connectivity index (χ1) is 20.7. The number of hydrogen-bond donors (Lipinski definition) is 3. The highest BCUT2D eigenvalue weighted by molar-refractivity contribution is 6.06. The van der Waals surface area contributed by atoms with Gasteiger partial charge in [0, 0.05) is 62.9 Å². The molecule has 224 valence electrons. The van der Waals surface area contributed by atoms with Gasteiger partial charge in [0.25, 0.3) is 5.91 Å². The maximum atomic E-state index is 14.5. The molecule has 11 heteroatoms. The van der Waals surface area contributed by atoms with Gasteiger partial charge in [-0.1, -0.05) is 32.0 Å². The number of hydrogen-bond acceptors (Lipinski definition) is 8. The molecular formula is C32H37FN8O2. The molecule has 1 saturated heterocycles. The Balaban J connectivity index is 1.22. The molecular weight excluding hydrogens is 547 g/mol. The van der Waals surface area contributed by atoms with Crippen molar-refractivity contribution in [2.75, 3.05) is 37.3 Å². The van der Waals surface area contributed by atoms with E-state index in [2.05, 4.69) is 49.7 Å². The minimum atomic E-state index is -0.640. The van der Waals surface area contributed by atoms with Crippen molar-refractivity contribution in [1.29, 1.82) is 0 Å². The monoisotopic (exact) mass is 584 g/mol. The molecule has 3 aromatic heterocycles. The average Bonchev–Trinajstić information content (AvgIpc) is 3.03. The second-order valence-corrected chi connectivity index (χ2v) is 11.1. The molecule has 4 heterocycles. The van der Waals surface area contributed by atoms with Crippen LogP contribution in [0, 0.1) is 11.7 Å². The van der Waals surface area contributed by atoms with Crippen LogP contribution in [0.2, 0.25) is 0 Å². The Labute approximate surface area is 250 Å². The topological polar surface area (TPSA) is 125 Å². The van der Waals surface area contributed by atoms with Crippen LogP contribution in [0.15, 0.2) is 55.1 Å². The number of likely N-dealkylation sites (tertiary alicyclic amines) is 1. The zero-order valence-electron chi connectivity index (χ0n) is 24.9. The number of fused-ring (bicyclic) bond motifs is 1.